The molecule has 5 nitrogen and oxygen atoms in total. The second kappa shape index (κ2) is 7.49. The molecule has 1 unspecified atom stereocenters. The largest absolute Gasteiger partial charge is 0.391 e. The van der Waals surface area contributed by atoms with Gasteiger partial charge in [0.25, 0.3) is 5.91 Å². The topological polar surface area (TPSA) is 71.5 Å². The number of aromatic nitrogens is 1. The molecule has 2 N–H and O–H groups in total. The van der Waals surface area contributed by atoms with Crippen LogP contribution >= 0.6 is 22.7 Å². The monoisotopic (exact) mass is 312 g/mol. The second-order valence-electron chi connectivity index (χ2n) is 4.17. The molecular formula is C13H16N2O3S2. The molecule has 2 aromatic rings. The zero-order chi connectivity index (χ0) is 14.4. The summed E-state index contributed by atoms with van der Waals surface area (Å²) in [5, 5.41) is 16.8. The van der Waals surface area contributed by atoms with Gasteiger partial charge in [0.2, 0.25) is 0 Å². The van der Waals surface area contributed by atoms with E-state index in [1.165, 1.54) is 18.4 Å². The minimum absolute atomic E-state index is 0.214. The van der Waals surface area contributed by atoms with Gasteiger partial charge in [-0.25, -0.2) is 4.98 Å². The van der Waals surface area contributed by atoms with Crippen LogP contribution in [-0.4, -0.2) is 42.4 Å². The van der Waals surface area contributed by atoms with Gasteiger partial charge < -0.3 is 15.2 Å². The summed E-state index contributed by atoms with van der Waals surface area (Å²) < 4.78 is 4.82. The summed E-state index contributed by atoms with van der Waals surface area (Å²) in [5.41, 5.74) is 0.416. The highest BCUT2D eigenvalue weighted by Gasteiger charge is 2.12. The van der Waals surface area contributed by atoms with Crippen molar-refractivity contribution in [1.29, 1.82) is 0 Å². The van der Waals surface area contributed by atoms with Gasteiger partial charge in [-0.1, -0.05) is 6.07 Å². The van der Waals surface area contributed by atoms with Gasteiger partial charge in [-0.3, -0.25) is 4.79 Å². The number of thiophene rings is 1. The lowest BCUT2D eigenvalue weighted by Gasteiger charge is -2.09. The van der Waals surface area contributed by atoms with Crippen molar-refractivity contribution in [3.63, 3.8) is 0 Å². The van der Waals surface area contributed by atoms with Crippen LogP contribution in [0, 0.1) is 0 Å². The van der Waals surface area contributed by atoms with Crippen LogP contribution in [0.4, 0.5) is 0 Å². The van der Waals surface area contributed by atoms with Crippen LogP contribution in [0.25, 0.3) is 9.88 Å². The van der Waals surface area contributed by atoms with Crippen LogP contribution in [0.5, 0.6) is 0 Å². The number of ether oxygens (including phenoxy) is 1. The lowest BCUT2D eigenvalue weighted by atomic mass is 10.2. The first-order valence-corrected chi connectivity index (χ1v) is 7.91. The molecule has 0 saturated carbocycles. The first-order valence-electron chi connectivity index (χ1n) is 6.15. The highest BCUT2D eigenvalue weighted by atomic mass is 32.1. The molecule has 7 heteroatoms. The summed E-state index contributed by atoms with van der Waals surface area (Å²) in [5.74, 6) is -0.214. The number of aliphatic hydroxyl groups is 1. The molecule has 0 aliphatic heterocycles. The highest BCUT2D eigenvalue weighted by Crippen LogP contribution is 2.27. The Morgan fingerprint density at radius 1 is 1.55 bits per heavy atom. The minimum Gasteiger partial charge on any atom is -0.391 e. The Morgan fingerprint density at radius 3 is 3.10 bits per heavy atom. The molecular weight excluding hydrogens is 296 g/mol. The number of carbonyl (C=O) groups excluding carboxylic acids is 1. The molecule has 0 bridgehead atoms. The first kappa shape index (κ1) is 15.1. The molecule has 2 aromatic heterocycles. The van der Waals surface area contributed by atoms with Crippen LogP contribution in [0.15, 0.2) is 22.9 Å². The van der Waals surface area contributed by atoms with E-state index in [2.05, 4.69) is 10.3 Å². The van der Waals surface area contributed by atoms with Crippen LogP contribution in [0.3, 0.4) is 0 Å². The van der Waals surface area contributed by atoms with E-state index >= 15 is 0 Å². The van der Waals surface area contributed by atoms with Gasteiger partial charge in [-0.15, -0.1) is 22.7 Å². The zero-order valence-electron chi connectivity index (χ0n) is 11.0. The molecule has 108 valence electrons. The normalized spacial score (nSPS) is 12.3. The van der Waals surface area contributed by atoms with Crippen LogP contribution in [0.2, 0.25) is 0 Å². The summed E-state index contributed by atoms with van der Waals surface area (Å²) in [6.45, 7) is 0.671. The molecule has 0 aromatic carbocycles. The molecule has 0 aliphatic carbocycles. The van der Waals surface area contributed by atoms with Gasteiger partial charge in [-0.05, 0) is 17.9 Å². The first-order chi connectivity index (χ1) is 9.70. The number of aliphatic hydroxyl groups excluding tert-OH is 1. The van der Waals surface area contributed by atoms with E-state index in [1.54, 1.807) is 16.7 Å². The smallest absolute Gasteiger partial charge is 0.270 e. The third-order valence-corrected chi connectivity index (χ3v) is 4.47. The average Bonchev–Trinajstić information content (AvgIpc) is 3.10. The van der Waals surface area contributed by atoms with Crippen molar-refractivity contribution in [2.24, 2.45) is 0 Å². The molecule has 0 spiro atoms. The highest BCUT2D eigenvalue weighted by molar-refractivity contribution is 7.20. The SMILES string of the molecule is COCC(O)CCNC(=O)c1csc(-c2cccs2)n1. The second-order valence-corrected chi connectivity index (χ2v) is 5.97. The molecule has 0 aliphatic rings. The maximum Gasteiger partial charge on any atom is 0.270 e. The standard InChI is InChI=1S/C13H16N2O3S2/c1-18-7-9(16)4-5-14-12(17)10-8-20-13(15-10)11-3-2-6-19-11/h2-3,6,8-9,16H,4-5,7H2,1H3,(H,14,17). The number of rotatable bonds is 7. The molecule has 20 heavy (non-hydrogen) atoms. The predicted octanol–water partition coefficient (Wildman–Crippen LogP) is 2.00. The third kappa shape index (κ3) is 4.11. The van der Waals surface area contributed by atoms with Gasteiger partial charge >= 0.3 is 0 Å². The van der Waals surface area contributed by atoms with E-state index in [4.69, 9.17) is 4.74 Å². The number of nitrogens with one attached hydrogen (secondary N) is 1. The average molecular weight is 312 g/mol. The Balaban J connectivity index is 1.84. The van der Waals surface area contributed by atoms with E-state index < -0.39 is 6.10 Å². The Hall–Kier alpha value is -1.28. The Kier molecular flexibility index (Phi) is 5.66. The van der Waals surface area contributed by atoms with E-state index in [9.17, 15) is 9.90 Å². The Labute approximate surface area is 125 Å². The summed E-state index contributed by atoms with van der Waals surface area (Å²) >= 11 is 3.05. The Bertz CT molecular complexity index is 540. The fraction of sp³-hybridized carbons (Fsp3) is 0.385. The van der Waals surface area contributed by atoms with Crippen LogP contribution in [-0.2, 0) is 4.74 Å². The lowest BCUT2D eigenvalue weighted by Crippen LogP contribution is -2.28. The molecule has 1 amide bonds. The summed E-state index contributed by atoms with van der Waals surface area (Å²) in [6.07, 6.45) is -0.0981. The fourth-order valence-electron chi connectivity index (χ4n) is 1.61. The number of thiazole rings is 1. The van der Waals surface area contributed by atoms with Gasteiger partial charge in [0.15, 0.2) is 0 Å². The van der Waals surface area contributed by atoms with Crippen molar-refractivity contribution in [2.45, 2.75) is 12.5 Å². The summed E-state index contributed by atoms with van der Waals surface area (Å²) in [4.78, 5) is 17.3. The Morgan fingerprint density at radius 2 is 2.40 bits per heavy atom. The van der Waals surface area contributed by atoms with Gasteiger partial charge in [0.1, 0.15) is 10.7 Å². The number of nitrogens with zero attached hydrogens (tertiary/aromatic N) is 1. The number of methoxy groups -OCH3 is 1. The lowest BCUT2D eigenvalue weighted by molar-refractivity contribution is 0.0587. The van der Waals surface area contributed by atoms with Crippen molar-refractivity contribution in [3.05, 3.63) is 28.6 Å². The van der Waals surface area contributed by atoms with Crippen molar-refractivity contribution in [2.75, 3.05) is 20.3 Å². The van der Waals surface area contributed by atoms with Gasteiger partial charge in [-0.2, -0.15) is 0 Å². The number of carbonyl (C=O) groups is 1. The molecule has 0 radical (unpaired) electrons. The number of amides is 1. The van der Waals surface area contributed by atoms with E-state index in [0.29, 0.717) is 18.7 Å². The van der Waals surface area contributed by atoms with E-state index in [-0.39, 0.29) is 12.5 Å². The number of hydrogen-bond acceptors (Lipinski definition) is 6. The maximum atomic E-state index is 11.9. The van der Waals surface area contributed by atoms with Crippen molar-refractivity contribution in [3.8, 4) is 9.88 Å². The molecule has 1 atom stereocenters. The number of hydrogen-bond donors (Lipinski definition) is 2. The van der Waals surface area contributed by atoms with Crippen molar-refractivity contribution in [1.82, 2.24) is 10.3 Å². The van der Waals surface area contributed by atoms with Crippen LogP contribution in [0.1, 0.15) is 16.9 Å². The molecule has 0 saturated heterocycles. The van der Waals surface area contributed by atoms with Gasteiger partial charge in [0, 0.05) is 19.0 Å². The fourth-order valence-corrected chi connectivity index (χ4v) is 3.22. The quantitative estimate of drug-likeness (QED) is 0.820. The zero-order valence-corrected chi connectivity index (χ0v) is 12.7. The van der Waals surface area contributed by atoms with Crippen LogP contribution < -0.4 is 5.32 Å². The predicted molar refractivity (Wildman–Crippen MR) is 80.3 cm³/mol. The molecule has 2 rings (SSSR count). The third-order valence-electron chi connectivity index (χ3n) is 2.59. The summed E-state index contributed by atoms with van der Waals surface area (Å²) in [7, 11) is 1.53. The van der Waals surface area contributed by atoms with E-state index in [0.717, 1.165) is 9.88 Å². The van der Waals surface area contributed by atoms with Gasteiger partial charge in [0.05, 0.1) is 17.6 Å². The maximum absolute atomic E-state index is 11.9. The van der Waals surface area contributed by atoms with E-state index in [1.807, 2.05) is 17.5 Å². The molecule has 0 fully saturated rings. The minimum atomic E-state index is -0.558. The summed E-state index contributed by atoms with van der Waals surface area (Å²) in [6, 6.07) is 3.94. The molecule has 2 heterocycles. The van der Waals surface area contributed by atoms with Crippen molar-refractivity contribution >= 4 is 28.6 Å². The van der Waals surface area contributed by atoms with Crippen molar-refractivity contribution < 1.29 is 14.6 Å².